The van der Waals surface area contributed by atoms with Gasteiger partial charge in [-0.3, -0.25) is 24.0 Å². The molecule has 4 fully saturated rings. The minimum atomic E-state index is -1.10. The van der Waals surface area contributed by atoms with Crippen LogP contribution in [0.2, 0.25) is 0 Å². The fourth-order valence-electron chi connectivity index (χ4n) is 7.22. The van der Waals surface area contributed by atoms with Crippen LogP contribution in [0.15, 0.2) is 0 Å². The van der Waals surface area contributed by atoms with Crippen molar-refractivity contribution in [2.75, 3.05) is 19.6 Å². The normalized spacial score (nSPS) is 26.2. The van der Waals surface area contributed by atoms with Gasteiger partial charge in [0.2, 0.25) is 23.5 Å². The summed E-state index contributed by atoms with van der Waals surface area (Å²) in [6.07, 6.45) is 5.11. The van der Waals surface area contributed by atoms with Crippen molar-refractivity contribution >= 4 is 35.4 Å². The molecule has 6 amide bonds. The molecule has 2 heterocycles. The van der Waals surface area contributed by atoms with Gasteiger partial charge < -0.3 is 31.5 Å². The lowest BCUT2D eigenvalue weighted by molar-refractivity contribution is -0.145. The number of nitrogens with one attached hydrogen (secondary N) is 3. The average Bonchev–Trinajstić information content (AvgIpc) is 3.79. The van der Waals surface area contributed by atoms with E-state index in [2.05, 4.69) is 29.8 Å². The lowest BCUT2D eigenvalue weighted by Crippen LogP contribution is -2.63. The van der Waals surface area contributed by atoms with E-state index in [-0.39, 0.29) is 29.1 Å². The number of primary amides is 1. The highest BCUT2D eigenvalue weighted by Gasteiger charge is 2.70. The van der Waals surface area contributed by atoms with E-state index in [4.69, 9.17) is 5.73 Å². The van der Waals surface area contributed by atoms with Crippen molar-refractivity contribution in [3.8, 4) is 0 Å². The summed E-state index contributed by atoms with van der Waals surface area (Å²) >= 11 is 0. The topological polar surface area (TPSA) is 171 Å². The first kappa shape index (κ1) is 34.7. The van der Waals surface area contributed by atoms with Gasteiger partial charge in [0, 0.05) is 19.6 Å². The molecule has 12 heteroatoms. The number of rotatable bonds is 10. The Morgan fingerprint density at radius 2 is 1.36 bits per heavy atom. The van der Waals surface area contributed by atoms with Crippen LogP contribution in [0.4, 0.5) is 4.79 Å². The SMILES string of the molecule is CC(C)(C)[C@H](NC(=O)N[C@H](C(=O)N1C[C@H]2[C@@H]([C@H]1C(=O)NC(CC1CC1)C(=O)C(N)=O)C2(C)C)C(C)(C)C)C(=O)N1CCCCC1. The number of nitrogens with two attached hydrogens (primary N) is 1. The largest absolute Gasteiger partial charge is 0.363 e. The smallest absolute Gasteiger partial charge is 0.316 e. The first-order valence-corrected chi connectivity index (χ1v) is 16.6. The minimum absolute atomic E-state index is 0.0767. The van der Waals surface area contributed by atoms with E-state index in [9.17, 15) is 28.8 Å². The number of hydrogen-bond acceptors (Lipinski definition) is 6. The number of urea groups is 1. The van der Waals surface area contributed by atoms with Crippen LogP contribution >= 0.6 is 0 Å². The number of nitrogens with zero attached hydrogens (tertiary/aromatic N) is 2. The summed E-state index contributed by atoms with van der Waals surface area (Å²) in [5, 5.41) is 8.49. The molecule has 5 N–H and O–H groups in total. The Hall–Kier alpha value is -3.18. The highest BCUT2D eigenvalue weighted by molar-refractivity contribution is 6.37. The predicted octanol–water partition coefficient (Wildman–Crippen LogP) is 1.95. The molecule has 2 saturated heterocycles. The van der Waals surface area contributed by atoms with Crippen LogP contribution in [0.3, 0.4) is 0 Å². The van der Waals surface area contributed by atoms with Gasteiger partial charge in [0.25, 0.3) is 5.91 Å². The molecule has 0 aromatic heterocycles. The van der Waals surface area contributed by atoms with E-state index >= 15 is 0 Å². The molecule has 252 valence electrons. The molecule has 0 bridgehead atoms. The quantitative estimate of drug-likeness (QED) is 0.269. The molecular weight excluding hydrogens is 576 g/mol. The molecule has 0 aromatic rings. The molecule has 0 radical (unpaired) electrons. The Morgan fingerprint density at radius 1 is 0.822 bits per heavy atom. The number of carbonyl (C=O) groups is 6. The van der Waals surface area contributed by atoms with Crippen LogP contribution in [0.1, 0.15) is 93.9 Å². The standard InChI is InChI=1S/C33H54N6O6/c1-31(2,3)24(28(43)38-14-10-9-11-15-38)36-30(45)37-25(32(4,5)6)29(44)39-17-19-21(33(19,7)8)22(39)27(42)35-20(16-18-12-13-18)23(40)26(34)41/h18-22,24-25H,9-17H2,1-8H3,(H2,34,41)(H,35,42)(H2,36,37,45)/t19-,20?,21-,22-,24+,25+/m0/s1. The molecule has 4 rings (SSSR count). The van der Waals surface area contributed by atoms with Gasteiger partial charge in [-0.2, -0.15) is 0 Å². The Morgan fingerprint density at radius 3 is 1.84 bits per heavy atom. The van der Waals surface area contributed by atoms with Crippen molar-refractivity contribution in [3.05, 3.63) is 0 Å². The van der Waals surface area contributed by atoms with E-state index in [0.717, 1.165) is 32.1 Å². The van der Waals surface area contributed by atoms with Crippen molar-refractivity contribution in [1.29, 1.82) is 0 Å². The first-order chi connectivity index (χ1) is 20.7. The van der Waals surface area contributed by atoms with Gasteiger partial charge in [-0.05, 0) is 59.7 Å². The maximum Gasteiger partial charge on any atom is 0.316 e. The van der Waals surface area contributed by atoms with Crippen molar-refractivity contribution in [2.45, 2.75) is 118 Å². The number of amides is 6. The summed E-state index contributed by atoms with van der Waals surface area (Å²) in [6.45, 7) is 16.9. The van der Waals surface area contributed by atoms with Gasteiger partial charge in [-0.15, -0.1) is 0 Å². The van der Waals surface area contributed by atoms with Crippen LogP contribution in [0, 0.1) is 34.0 Å². The van der Waals surface area contributed by atoms with Gasteiger partial charge in [-0.1, -0.05) is 68.2 Å². The number of piperidine rings is 2. The molecule has 2 aliphatic carbocycles. The minimum Gasteiger partial charge on any atom is -0.363 e. The molecule has 0 aromatic carbocycles. The first-order valence-electron chi connectivity index (χ1n) is 16.6. The monoisotopic (exact) mass is 630 g/mol. The van der Waals surface area contributed by atoms with E-state index in [1.807, 2.05) is 41.5 Å². The van der Waals surface area contributed by atoms with Crippen LogP contribution in [-0.2, 0) is 24.0 Å². The van der Waals surface area contributed by atoms with Crippen LogP contribution in [-0.4, -0.2) is 89.0 Å². The summed E-state index contributed by atoms with van der Waals surface area (Å²) in [5.41, 5.74) is 3.81. The van der Waals surface area contributed by atoms with E-state index in [1.165, 1.54) is 4.90 Å². The number of carbonyl (C=O) groups excluding carboxylic acids is 6. The van der Waals surface area contributed by atoms with Gasteiger partial charge in [-0.25, -0.2) is 4.79 Å². The van der Waals surface area contributed by atoms with Crippen LogP contribution in [0.25, 0.3) is 0 Å². The number of ketones is 1. The molecular formula is C33H54N6O6. The van der Waals surface area contributed by atoms with E-state index in [1.54, 1.807) is 4.90 Å². The summed E-state index contributed by atoms with van der Waals surface area (Å²) in [5.74, 6) is -2.77. The highest BCUT2D eigenvalue weighted by Crippen LogP contribution is 2.65. The average molecular weight is 631 g/mol. The lowest BCUT2D eigenvalue weighted by atomic mass is 9.84. The fraction of sp³-hybridized carbons (Fsp3) is 0.818. The summed E-state index contributed by atoms with van der Waals surface area (Å²) in [7, 11) is 0. The molecule has 6 atom stereocenters. The van der Waals surface area contributed by atoms with E-state index in [0.29, 0.717) is 26.1 Å². The third-order valence-corrected chi connectivity index (χ3v) is 10.3. The molecule has 2 aliphatic heterocycles. The van der Waals surface area contributed by atoms with Gasteiger partial charge in [0.15, 0.2) is 0 Å². The number of fused-ring (bicyclic) bond motifs is 1. The molecule has 45 heavy (non-hydrogen) atoms. The molecule has 0 spiro atoms. The number of likely N-dealkylation sites (tertiary alicyclic amines) is 2. The molecule has 2 saturated carbocycles. The molecule has 1 unspecified atom stereocenters. The molecule has 4 aliphatic rings. The second kappa shape index (κ2) is 12.5. The maximum atomic E-state index is 14.3. The Bertz CT molecular complexity index is 1210. The summed E-state index contributed by atoms with van der Waals surface area (Å²) < 4.78 is 0. The van der Waals surface area contributed by atoms with Gasteiger partial charge >= 0.3 is 6.03 Å². The van der Waals surface area contributed by atoms with Gasteiger partial charge in [0.05, 0.1) is 6.04 Å². The summed E-state index contributed by atoms with van der Waals surface area (Å²) in [6, 6.07) is -4.33. The Balaban J connectivity index is 1.52. The lowest BCUT2D eigenvalue weighted by Gasteiger charge is -2.39. The maximum absolute atomic E-state index is 14.3. The predicted molar refractivity (Wildman–Crippen MR) is 168 cm³/mol. The van der Waals surface area contributed by atoms with Crippen molar-refractivity contribution < 1.29 is 28.8 Å². The van der Waals surface area contributed by atoms with E-state index < -0.39 is 64.5 Å². The number of hydrogen-bond donors (Lipinski definition) is 4. The third-order valence-electron chi connectivity index (χ3n) is 10.3. The third kappa shape index (κ3) is 7.62. The van der Waals surface area contributed by atoms with Crippen molar-refractivity contribution in [1.82, 2.24) is 25.8 Å². The zero-order valence-corrected chi connectivity index (χ0v) is 28.3. The zero-order valence-electron chi connectivity index (χ0n) is 28.3. The second-order valence-electron chi connectivity index (χ2n) is 16.5. The van der Waals surface area contributed by atoms with Gasteiger partial charge in [0.1, 0.15) is 18.1 Å². The highest BCUT2D eigenvalue weighted by atomic mass is 16.2. The number of Topliss-reactive ketones (excluding diaryl/α,β-unsaturated/α-hetero) is 1. The van der Waals surface area contributed by atoms with Crippen molar-refractivity contribution in [3.63, 3.8) is 0 Å². The van der Waals surface area contributed by atoms with Crippen LogP contribution in [0.5, 0.6) is 0 Å². The van der Waals surface area contributed by atoms with Crippen LogP contribution < -0.4 is 21.7 Å². The Labute approximate surface area is 267 Å². The molecule has 12 nitrogen and oxygen atoms in total. The fourth-order valence-corrected chi connectivity index (χ4v) is 7.22. The zero-order chi connectivity index (χ0) is 33.6. The Kier molecular flexibility index (Phi) is 9.67. The second-order valence-corrected chi connectivity index (χ2v) is 16.5. The van der Waals surface area contributed by atoms with Crippen molar-refractivity contribution in [2.24, 2.45) is 39.7 Å². The summed E-state index contributed by atoms with van der Waals surface area (Å²) in [4.78, 5) is 82.8.